The molecule has 2 aromatic carbocycles. The molecule has 1 saturated heterocycles. The first-order valence-corrected chi connectivity index (χ1v) is 10.1. The van der Waals surface area contributed by atoms with E-state index in [4.69, 9.17) is 13.9 Å². The second kappa shape index (κ2) is 7.37. The fourth-order valence-electron chi connectivity index (χ4n) is 3.91. The van der Waals surface area contributed by atoms with Gasteiger partial charge in [-0.05, 0) is 32.0 Å². The second-order valence-electron chi connectivity index (χ2n) is 7.95. The lowest BCUT2D eigenvalue weighted by Gasteiger charge is -2.19. The number of nitrogens with one attached hydrogen (secondary N) is 2. The van der Waals surface area contributed by atoms with Crippen LogP contribution in [0.1, 0.15) is 30.0 Å². The molecule has 0 radical (unpaired) electrons. The van der Waals surface area contributed by atoms with Gasteiger partial charge in [0, 0.05) is 17.0 Å². The normalized spacial score (nSPS) is 19.2. The predicted molar refractivity (Wildman–Crippen MR) is 115 cm³/mol. The molecule has 0 aliphatic carbocycles. The fraction of sp³-hybridized carbons (Fsp3) is 0.217. The third-order valence-corrected chi connectivity index (χ3v) is 5.66. The van der Waals surface area contributed by atoms with E-state index < -0.39 is 29.9 Å². The molecule has 3 aromatic rings. The Hall–Kier alpha value is -4.34. The number of benzene rings is 2. The van der Waals surface area contributed by atoms with Crippen molar-refractivity contribution in [2.45, 2.75) is 19.4 Å². The summed E-state index contributed by atoms with van der Waals surface area (Å²) in [5.74, 6) is -0.541. The lowest BCUT2D eigenvalue weighted by atomic mass is 9.99. The van der Waals surface area contributed by atoms with Crippen LogP contribution in [-0.2, 0) is 15.1 Å². The van der Waals surface area contributed by atoms with E-state index in [1.165, 1.54) is 26.0 Å². The quantitative estimate of drug-likeness (QED) is 0.453. The molecular weight excluding hydrogens is 430 g/mol. The average Bonchev–Trinajstić information content (AvgIpc) is 3.46. The predicted octanol–water partition coefficient (Wildman–Crippen LogP) is 2.77. The van der Waals surface area contributed by atoms with E-state index in [2.05, 4.69) is 10.6 Å². The topological polar surface area (TPSA) is 127 Å². The first-order valence-electron chi connectivity index (χ1n) is 10.1. The van der Waals surface area contributed by atoms with Gasteiger partial charge in [-0.25, -0.2) is 4.79 Å². The number of ketones is 1. The zero-order chi connectivity index (χ0) is 23.3. The molecule has 3 heterocycles. The number of anilines is 1. The average molecular weight is 449 g/mol. The van der Waals surface area contributed by atoms with E-state index in [0.29, 0.717) is 17.1 Å². The minimum Gasteiger partial charge on any atom is -0.458 e. The van der Waals surface area contributed by atoms with Gasteiger partial charge in [-0.2, -0.15) is 0 Å². The van der Waals surface area contributed by atoms with Gasteiger partial charge in [-0.3, -0.25) is 19.3 Å². The number of imide groups is 1. The molecule has 0 saturated carbocycles. The summed E-state index contributed by atoms with van der Waals surface area (Å²) in [7, 11) is 0. The molecule has 0 unspecified atom stereocenters. The van der Waals surface area contributed by atoms with Gasteiger partial charge >= 0.3 is 6.03 Å². The molecule has 10 heteroatoms. The smallest absolute Gasteiger partial charge is 0.325 e. The number of hydrogen-bond acceptors (Lipinski definition) is 7. The van der Waals surface area contributed by atoms with Crippen molar-refractivity contribution in [1.29, 1.82) is 0 Å². The van der Waals surface area contributed by atoms with Gasteiger partial charge in [0.25, 0.3) is 5.91 Å². The summed E-state index contributed by atoms with van der Waals surface area (Å²) in [5.41, 5.74) is -0.466. The molecule has 0 bridgehead atoms. The highest BCUT2D eigenvalue weighted by Gasteiger charge is 2.51. The van der Waals surface area contributed by atoms with Crippen molar-refractivity contribution in [3.8, 4) is 11.5 Å². The summed E-state index contributed by atoms with van der Waals surface area (Å²) in [4.78, 5) is 51.3. The molecule has 5 rings (SSSR count). The number of urea groups is 1. The molecular formula is C23H19N3O7. The fourth-order valence-corrected chi connectivity index (χ4v) is 3.91. The number of furan rings is 1. The Labute approximate surface area is 187 Å². The van der Waals surface area contributed by atoms with Crippen molar-refractivity contribution in [1.82, 2.24) is 10.2 Å². The summed E-state index contributed by atoms with van der Waals surface area (Å²) in [5, 5.41) is 5.98. The second-order valence-corrected chi connectivity index (χ2v) is 7.95. The molecule has 168 valence electrons. The molecule has 2 N–H and O–H groups in total. The first-order chi connectivity index (χ1) is 15.8. The minimum atomic E-state index is -1.46. The molecule has 4 amide bonds. The first kappa shape index (κ1) is 20.6. The number of hydrogen-bond donors (Lipinski definition) is 2. The van der Waals surface area contributed by atoms with E-state index in [-0.39, 0.29) is 29.6 Å². The van der Waals surface area contributed by atoms with Crippen molar-refractivity contribution in [2.24, 2.45) is 0 Å². The van der Waals surface area contributed by atoms with Crippen LogP contribution in [-0.4, -0.2) is 41.9 Å². The molecule has 1 aromatic heterocycles. The molecule has 33 heavy (non-hydrogen) atoms. The van der Waals surface area contributed by atoms with Crippen LogP contribution in [0.25, 0.3) is 11.0 Å². The van der Waals surface area contributed by atoms with E-state index in [1.54, 1.807) is 18.2 Å². The number of amides is 4. The minimum absolute atomic E-state index is 0.00685. The van der Waals surface area contributed by atoms with E-state index in [9.17, 15) is 19.2 Å². The van der Waals surface area contributed by atoms with Crippen LogP contribution < -0.4 is 20.1 Å². The van der Waals surface area contributed by atoms with Gasteiger partial charge in [-0.15, -0.1) is 0 Å². The van der Waals surface area contributed by atoms with Crippen molar-refractivity contribution >= 4 is 40.3 Å². The Kier molecular flexibility index (Phi) is 4.59. The van der Waals surface area contributed by atoms with Gasteiger partial charge < -0.3 is 24.5 Å². The van der Waals surface area contributed by atoms with Crippen molar-refractivity contribution in [2.75, 3.05) is 18.7 Å². The Morgan fingerprint density at radius 2 is 1.85 bits per heavy atom. The summed E-state index contributed by atoms with van der Waals surface area (Å²) < 4.78 is 16.4. The molecule has 2 aliphatic rings. The molecule has 10 nitrogen and oxygen atoms in total. The van der Waals surface area contributed by atoms with Crippen LogP contribution in [0.4, 0.5) is 10.5 Å². The number of Topliss-reactive ketones (excluding diaryl/α,β-unsaturated/α-hetero) is 1. The third-order valence-electron chi connectivity index (χ3n) is 5.66. The maximum absolute atomic E-state index is 13.1. The van der Waals surface area contributed by atoms with E-state index in [1.807, 2.05) is 12.1 Å². The number of para-hydroxylation sites is 1. The van der Waals surface area contributed by atoms with Gasteiger partial charge in [0.1, 0.15) is 17.9 Å². The lowest BCUT2D eigenvalue weighted by Crippen LogP contribution is -2.42. The Morgan fingerprint density at radius 1 is 1.12 bits per heavy atom. The Morgan fingerprint density at radius 3 is 2.58 bits per heavy atom. The van der Waals surface area contributed by atoms with E-state index >= 15 is 0 Å². The SMILES string of the molecule is CC(=O)c1cc2c(cc1NC(=O)CN1C(=O)N[C@@](C)(c3cc4ccccc4o3)C1=O)OCO2. The standard InChI is InChI=1S/C23H19N3O7/c1-12(27)14-8-17-18(32-11-31-17)9-15(14)24-20(28)10-26-21(29)23(2,25-22(26)30)19-7-13-5-3-4-6-16(13)33-19/h3-9H,10-11H2,1-2H3,(H,24,28)(H,25,30)/t23-/m0/s1. The van der Waals surface area contributed by atoms with Gasteiger partial charge in [0.05, 0.1) is 5.69 Å². The molecule has 2 aliphatic heterocycles. The van der Waals surface area contributed by atoms with Crippen molar-refractivity contribution < 1.29 is 33.1 Å². The number of carbonyl (C=O) groups excluding carboxylic acids is 4. The van der Waals surface area contributed by atoms with Crippen molar-refractivity contribution in [3.63, 3.8) is 0 Å². The monoisotopic (exact) mass is 449 g/mol. The number of carbonyl (C=O) groups is 4. The molecule has 1 atom stereocenters. The molecule has 0 spiro atoms. The molecule has 1 fully saturated rings. The van der Waals surface area contributed by atoms with Crippen LogP contribution in [0, 0.1) is 0 Å². The number of fused-ring (bicyclic) bond motifs is 2. The van der Waals surface area contributed by atoms with Crippen LogP contribution in [0.2, 0.25) is 0 Å². The Balaban J connectivity index is 1.37. The maximum atomic E-state index is 13.1. The van der Waals surface area contributed by atoms with Crippen LogP contribution >= 0.6 is 0 Å². The summed E-state index contributed by atoms with van der Waals surface area (Å²) in [6.45, 7) is 2.33. The summed E-state index contributed by atoms with van der Waals surface area (Å²) in [6.07, 6.45) is 0. The van der Waals surface area contributed by atoms with Gasteiger partial charge in [-0.1, -0.05) is 18.2 Å². The highest BCUT2D eigenvalue weighted by molar-refractivity contribution is 6.11. The largest absolute Gasteiger partial charge is 0.458 e. The third kappa shape index (κ3) is 3.36. The van der Waals surface area contributed by atoms with Crippen LogP contribution in [0.15, 0.2) is 46.9 Å². The number of rotatable bonds is 5. The van der Waals surface area contributed by atoms with Crippen molar-refractivity contribution in [3.05, 3.63) is 53.8 Å². The highest BCUT2D eigenvalue weighted by atomic mass is 16.7. The summed E-state index contributed by atoms with van der Waals surface area (Å²) >= 11 is 0. The Bertz CT molecular complexity index is 1310. The number of ether oxygens (including phenoxy) is 2. The zero-order valence-corrected chi connectivity index (χ0v) is 17.8. The maximum Gasteiger partial charge on any atom is 0.325 e. The van der Waals surface area contributed by atoms with Crippen LogP contribution in [0.3, 0.4) is 0 Å². The zero-order valence-electron chi connectivity index (χ0n) is 17.8. The lowest BCUT2D eigenvalue weighted by molar-refractivity contribution is -0.134. The summed E-state index contributed by atoms with van der Waals surface area (Å²) in [6, 6.07) is 11.1. The van der Waals surface area contributed by atoms with Gasteiger partial charge in [0.15, 0.2) is 22.8 Å². The van der Waals surface area contributed by atoms with E-state index in [0.717, 1.165) is 10.3 Å². The van der Waals surface area contributed by atoms with Crippen LogP contribution in [0.5, 0.6) is 11.5 Å². The van der Waals surface area contributed by atoms with Gasteiger partial charge in [0.2, 0.25) is 12.7 Å². The highest BCUT2D eigenvalue weighted by Crippen LogP contribution is 2.37. The number of nitrogens with zero attached hydrogens (tertiary/aromatic N) is 1.